The third-order valence-electron chi connectivity index (χ3n) is 3.27. The van der Waals surface area contributed by atoms with Gasteiger partial charge in [-0.2, -0.15) is 5.10 Å². The number of benzene rings is 1. The molecule has 0 aliphatic rings. The number of carbonyl (C=O) groups excluding carboxylic acids is 1. The summed E-state index contributed by atoms with van der Waals surface area (Å²) in [5.41, 5.74) is 1.71. The van der Waals surface area contributed by atoms with Crippen molar-refractivity contribution in [3.63, 3.8) is 0 Å². The molecule has 1 aromatic carbocycles. The molecule has 1 aromatic heterocycles. The molecule has 0 aliphatic heterocycles. The summed E-state index contributed by atoms with van der Waals surface area (Å²) in [6, 6.07) is 2.10. The smallest absolute Gasteiger partial charge is 0.319 e. The van der Waals surface area contributed by atoms with E-state index in [1.54, 1.807) is 24.9 Å². The highest BCUT2D eigenvalue weighted by atomic mass is 19.1. The summed E-state index contributed by atoms with van der Waals surface area (Å²) in [5, 5.41) is 9.12. The summed E-state index contributed by atoms with van der Waals surface area (Å²) >= 11 is 0. The minimum absolute atomic E-state index is 0.0796. The molecule has 2 aromatic rings. The molecule has 2 rings (SSSR count). The second-order valence-electron chi connectivity index (χ2n) is 4.75. The van der Waals surface area contributed by atoms with Crippen LogP contribution in [0.15, 0.2) is 24.4 Å². The molecule has 7 heteroatoms. The molecule has 0 unspecified atom stereocenters. The Morgan fingerprint density at radius 1 is 1.38 bits per heavy atom. The van der Waals surface area contributed by atoms with Gasteiger partial charge < -0.3 is 10.6 Å². The number of aromatic nitrogens is 2. The second-order valence-corrected chi connectivity index (χ2v) is 4.75. The van der Waals surface area contributed by atoms with Crippen LogP contribution in [0.25, 0.3) is 0 Å². The molecule has 0 saturated carbocycles. The van der Waals surface area contributed by atoms with Gasteiger partial charge in [-0.15, -0.1) is 0 Å². The van der Waals surface area contributed by atoms with Gasteiger partial charge in [0.05, 0.1) is 17.9 Å². The van der Waals surface area contributed by atoms with Crippen LogP contribution in [0.5, 0.6) is 0 Å². The van der Waals surface area contributed by atoms with Crippen LogP contribution in [0.3, 0.4) is 0 Å². The van der Waals surface area contributed by atoms with Crippen molar-refractivity contribution in [1.82, 2.24) is 15.1 Å². The molecule has 0 fully saturated rings. The van der Waals surface area contributed by atoms with Crippen molar-refractivity contribution in [3.8, 4) is 0 Å². The van der Waals surface area contributed by atoms with E-state index in [2.05, 4.69) is 15.7 Å². The van der Waals surface area contributed by atoms with Crippen LogP contribution < -0.4 is 10.6 Å². The van der Waals surface area contributed by atoms with E-state index in [9.17, 15) is 13.6 Å². The Morgan fingerprint density at radius 2 is 2.10 bits per heavy atom. The van der Waals surface area contributed by atoms with Crippen molar-refractivity contribution >= 4 is 11.7 Å². The predicted octanol–water partition coefficient (Wildman–Crippen LogP) is 2.89. The van der Waals surface area contributed by atoms with Crippen LogP contribution in [-0.4, -0.2) is 15.8 Å². The third kappa shape index (κ3) is 3.36. The SMILES string of the molecule is Cc1c([C@@H](C)NC(=O)Nc2ccc(F)cc2F)cnn1C. The summed E-state index contributed by atoms with van der Waals surface area (Å²) < 4.78 is 27.9. The minimum atomic E-state index is -0.824. The van der Waals surface area contributed by atoms with E-state index in [4.69, 9.17) is 0 Å². The molecule has 0 aliphatic carbocycles. The summed E-state index contributed by atoms with van der Waals surface area (Å²) in [6.07, 6.45) is 1.67. The summed E-state index contributed by atoms with van der Waals surface area (Å²) in [5.74, 6) is -1.52. The van der Waals surface area contributed by atoms with Gasteiger partial charge in [0.15, 0.2) is 0 Å². The van der Waals surface area contributed by atoms with Gasteiger partial charge in [-0.25, -0.2) is 13.6 Å². The Balaban J connectivity index is 2.03. The molecule has 0 bridgehead atoms. The number of amides is 2. The maximum atomic E-state index is 13.4. The lowest BCUT2D eigenvalue weighted by atomic mass is 10.1. The van der Waals surface area contributed by atoms with Crippen LogP contribution >= 0.6 is 0 Å². The first-order valence-electron chi connectivity index (χ1n) is 6.39. The minimum Gasteiger partial charge on any atom is -0.331 e. The van der Waals surface area contributed by atoms with Gasteiger partial charge in [-0.05, 0) is 26.0 Å². The zero-order chi connectivity index (χ0) is 15.6. The zero-order valence-electron chi connectivity index (χ0n) is 11.9. The van der Waals surface area contributed by atoms with E-state index in [0.717, 1.165) is 17.3 Å². The first-order valence-corrected chi connectivity index (χ1v) is 6.39. The summed E-state index contributed by atoms with van der Waals surface area (Å²) in [6.45, 7) is 3.68. The van der Waals surface area contributed by atoms with E-state index in [0.29, 0.717) is 6.07 Å². The van der Waals surface area contributed by atoms with Gasteiger partial charge in [0.25, 0.3) is 0 Å². The van der Waals surface area contributed by atoms with Gasteiger partial charge in [0, 0.05) is 24.4 Å². The average Bonchev–Trinajstić information content (AvgIpc) is 2.73. The highest BCUT2D eigenvalue weighted by Crippen LogP contribution is 2.17. The highest BCUT2D eigenvalue weighted by molar-refractivity contribution is 5.89. The van der Waals surface area contributed by atoms with Crippen LogP contribution in [0, 0.1) is 18.6 Å². The van der Waals surface area contributed by atoms with Crippen LogP contribution in [0.2, 0.25) is 0 Å². The number of aryl methyl sites for hydroxylation is 1. The summed E-state index contributed by atoms with van der Waals surface area (Å²) in [4.78, 5) is 11.8. The maximum Gasteiger partial charge on any atom is 0.319 e. The number of urea groups is 1. The Morgan fingerprint density at radius 3 is 2.67 bits per heavy atom. The molecular weight excluding hydrogens is 278 g/mol. The van der Waals surface area contributed by atoms with Crippen LogP contribution in [-0.2, 0) is 7.05 Å². The number of carbonyl (C=O) groups is 1. The van der Waals surface area contributed by atoms with Crippen molar-refractivity contribution in [3.05, 3.63) is 47.3 Å². The quantitative estimate of drug-likeness (QED) is 0.914. The van der Waals surface area contributed by atoms with E-state index in [-0.39, 0.29) is 11.7 Å². The lowest BCUT2D eigenvalue weighted by molar-refractivity contribution is 0.249. The predicted molar refractivity (Wildman–Crippen MR) is 74.9 cm³/mol. The molecule has 21 heavy (non-hydrogen) atoms. The van der Waals surface area contributed by atoms with Gasteiger partial charge in [-0.3, -0.25) is 4.68 Å². The molecule has 2 amide bonds. The van der Waals surface area contributed by atoms with E-state index in [1.807, 2.05) is 6.92 Å². The van der Waals surface area contributed by atoms with Crippen molar-refractivity contribution in [2.45, 2.75) is 19.9 Å². The number of hydrogen-bond acceptors (Lipinski definition) is 2. The van der Waals surface area contributed by atoms with Crippen molar-refractivity contribution in [1.29, 1.82) is 0 Å². The van der Waals surface area contributed by atoms with E-state index in [1.165, 1.54) is 6.07 Å². The van der Waals surface area contributed by atoms with Crippen molar-refractivity contribution in [2.75, 3.05) is 5.32 Å². The maximum absolute atomic E-state index is 13.4. The Labute approximate surface area is 121 Å². The third-order valence-corrected chi connectivity index (χ3v) is 3.27. The highest BCUT2D eigenvalue weighted by Gasteiger charge is 2.15. The normalized spacial score (nSPS) is 12.0. The molecular formula is C14H16F2N4O. The fraction of sp³-hybridized carbons (Fsp3) is 0.286. The largest absolute Gasteiger partial charge is 0.331 e. The fourth-order valence-corrected chi connectivity index (χ4v) is 1.96. The summed E-state index contributed by atoms with van der Waals surface area (Å²) in [7, 11) is 1.81. The lowest BCUT2D eigenvalue weighted by Gasteiger charge is -2.15. The standard InChI is InChI=1S/C14H16F2N4O/c1-8(11-7-17-20(3)9(11)2)18-14(21)19-13-5-4-10(15)6-12(13)16/h4-8H,1-3H3,(H2,18,19,21)/t8-/m1/s1. The van der Waals surface area contributed by atoms with Gasteiger partial charge >= 0.3 is 6.03 Å². The van der Waals surface area contributed by atoms with Gasteiger partial charge in [0.1, 0.15) is 11.6 Å². The number of rotatable bonds is 3. The first-order chi connectivity index (χ1) is 9.88. The first kappa shape index (κ1) is 15.0. The second kappa shape index (κ2) is 5.90. The molecule has 112 valence electrons. The fourth-order valence-electron chi connectivity index (χ4n) is 1.96. The zero-order valence-corrected chi connectivity index (χ0v) is 11.9. The number of halogens is 2. The Hall–Kier alpha value is -2.44. The van der Waals surface area contributed by atoms with Crippen LogP contribution in [0.1, 0.15) is 24.2 Å². The van der Waals surface area contributed by atoms with Crippen molar-refractivity contribution in [2.24, 2.45) is 7.05 Å². The van der Waals surface area contributed by atoms with Crippen LogP contribution in [0.4, 0.5) is 19.3 Å². The number of anilines is 1. The van der Waals surface area contributed by atoms with Crippen molar-refractivity contribution < 1.29 is 13.6 Å². The topological polar surface area (TPSA) is 59.0 Å². The number of nitrogens with one attached hydrogen (secondary N) is 2. The Bertz CT molecular complexity index is 669. The molecule has 0 saturated heterocycles. The number of nitrogens with zero attached hydrogens (tertiary/aromatic N) is 2. The Kier molecular flexibility index (Phi) is 4.21. The molecule has 5 nitrogen and oxygen atoms in total. The van der Waals surface area contributed by atoms with Gasteiger partial charge in [0.2, 0.25) is 0 Å². The lowest BCUT2D eigenvalue weighted by Crippen LogP contribution is -2.31. The molecule has 0 spiro atoms. The molecule has 1 heterocycles. The van der Waals surface area contributed by atoms with Gasteiger partial charge in [-0.1, -0.05) is 0 Å². The van der Waals surface area contributed by atoms with E-state index >= 15 is 0 Å². The molecule has 2 N–H and O–H groups in total. The average molecular weight is 294 g/mol. The van der Waals surface area contributed by atoms with E-state index < -0.39 is 17.7 Å². The molecule has 1 atom stereocenters. The number of hydrogen-bond donors (Lipinski definition) is 2. The monoisotopic (exact) mass is 294 g/mol. The molecule has 0 radical (unpaired) electrons.